The van der Waals surface area contributed by atoms with Crippen molar-refractivity contribution < 1.29 is 4.74 Å². The highest BCUT2D eigenvalue weighted by atomic mass is 16.5. The molecule has 1 aromatic rings. The lowest BCUT2D eigenvalue weighted by Crippen LogP contribution is -2.20. The number of nitrogens with two attached hydrogens (primary N) is 2. The van der Waals surface area contributed by atoms with Crippen LogP contribution in [0, 0.1) is 0 Å². The largest absolute Gasteiger partial charge is 0.497 e. The Labute approximate surface area is 72.3 Å². The Morgan fingerprint density at radius 2 is 2.25 bits per heavy atom. The minimum Gasteiger partial charge on any atom is -0.497 e. The lowest BCUT2D eigenvalue weighted by Gasteiger charge is -2.09. The molecule has 0 spiro atoms. The number of rotatable bonds is 3. The van der Waals surface area contributed by atoms with Gasteiger partial charge in [-0.05, 0) is 17.7 Å². The molecule has 0 aliphatic rings. The van der Waals surface area contributed by atoms with Crippen molar-refractivity contribution in [2.75, 3.05) is 13.7 Å². The van der Waals surface area contributed by atoms with E-state index in [1.165, 1.54) is 0 Å². The van der Waals surface area contributed by atoms with Gasteiger partial charge in [0.05, 0.1) is 7.11 Å². The summed E-state index contributed by atoms with van der Waals surface area (Å²) < 4.78 is 5.05. The molecule has 0 radical (unpaired) electrons. The van der Waals surface area contributed by atoms with Crippen LogP contribution in [0.15, 0.2) is 24.3 Å². The zero-order chi connectivity index (χ0) is 8.97. The number of hydrogen-bond donors (Lipinski definition) is 2. The maximum Gasteiger partial charge on any atom is 0.119 e. The molecule has 3 heteroatoms. The normalized spacial score (nSPS) is 12.6. The SMILES string of the molecule is COc1cccc([C@@H](N)CN)c1. The molecule has 0 saturated heterocycles. The Hall–Kier alpha value is -1.06. The van der Waals surface area contributed by atoms with Gasteiger partial charge in [0.15, 0.2) is 0 Å². The molecular formula is C9H14N2O. The average Bonchev–Trinajstić information content (AvgIpc) is 2.17. The van der Waals surface area contributed by atoms with Crippen LogP contribution in [0.2, 0.25) is 0 Å². The summed E-state index contributed by atoms with van der Waals surface area (Å²) in [6.07, 6.45) is 0. The topological polar surface area (TPSA) is 61.3 Å². The van der Waals surface area contributed by atoms with E-state index in [1.807, 2.05) is 24.3 Å². The van der Waals surface area contributed by atoms with Gasteiger partial charge in [0.1, 0.15) is 5.75 Å². The van der Waals surface area contributed by atoms with E-state index >= 15 is 0 Å². The Balaban J connectivity index is 2.86. The Morgan fingerprint density at radius 1 is 1.50 bits per heavy atom. The maximum atomic E-state index is 5.74. The first kappa shape index (κ1) is 9.03. The van der Waals surface area contributed by atoms with E-state index in [4.69, 9.17) is 16.2 Å². The van der Waals surface area contributed by atoms with E-state index in [9.17, 15) is 0 Å². The molecular weight excluding hydrogens is 152 g/mol. The molecule has 1 atom stereocenters. The van der Waals surface area contributed by atoms with Crippen LogP contribution in [-0.4, -0.2) is 13.7 Å². The lowest BCUT2D eigenvalue weighted by atomic mass is 10.1. The van der Waals surface area contributed by atoms with Crippen LogP contribution in [0.3, 0.4) is 0 Å². The zero-order valence-corrected chi connectivity index (χ0v) is 7.16. The van der Waals surface area contributed by atoms with E-state index in [2.05, 4.69) is 0 Å². The summed E-state index contributed by atoms with van der Waals surface area (Å²) >= 11 is 0. The molecule has 12 heavy (non-hydrogen) atoms. The first-order valence-corrected chi connectivity index (χ1v) is 3.87. The van der Waals surface area contributed by atoms with E-state index in [0.717, 1.165) is 11.3 Å². The third-order valence-electron chi connectivity index (χ3n) is 1.78. The molecule has 1 rings (SSSR count). The van der Waals surface area contributed by atoms with Crippen molar-refractivity contribution in [1.29, 1.82) is 0 Å². The Bertz CT molecular complexity index is 250. The molecule has 0 aromatic heterocycles. The summed E-state index contributed by atoms with van der Waals surface area (Å²) in [7, 11) is 1.63. The van der Waals surface area contributed by atoms with Crippen LogP contribution in [0.1, 0.15) is 11.6 Å². The molecule has 0 aliphatic heterocycles. The van der Waals surface area contributed by atoms with Crippen LogP contribution >= 0.6 is 0 Å². The molecule has 0 amide bonds. The van der Waals surface area contributed by atoms with Crippen molar-refractivity contribution in [3.05, 3.63) is 29.8 Å². The third kappa shape index (κ3) is 1.96. The van der Waals surface area contributed by atoms with Gasteiger partial charge in [-0.2, -0.15) is 0 Å². The van der Waals surface area contributed by atoms with Crippen molar-refractivity contribution in [3.8, 4) is 5.75 Å². The van der Waals surface area contributed by atoms with E-state index in [-0.39, 0.29) is 6.04 Å². The van der Waals surface area contributed by atoms with Gasteiger partial charge in [-0.15, -0.1) is 0 Å². The molecule has 0 heterocycles. The number of hydrogen-bond acceptors (Lipinski definition) is 3. The Kier molecular flexibility index (Phi) is 3.08. The van der Waals surface area contributed by atoms with Crippen LogP contribution in [0.25, 0.3) is 0 Å². The van der Waals surface area contributed by atoms with Gasteiger partial charge in [0, 0.05) is 12.6 Å². The molecule has 0 unspecified atom stereocenters. The highest BCUT2D eigenvalue weighted by molar-refractivity contribution is 5.30. The minimum absolute atomic E-state index is 0.0971. The molecule has 3 nitrogen and oxygen atoms in total. The average molecular weight is 166 g/mol. The van der Waals surface area contributed by atoms with Crippen molar-refractivity contribution in [2.24, 2.45) is 11.5 Å². The van der Waals surface area contributed by atoms with E-state index in [1.54, 1.807) is 7.11 Å². The van der Waals surface area contributed by atoms with E-state index < -0.39 is 0 Å². The van der Waals surface area contributed by atoms with Gasteiger partial charge in [-0.25, -0.2) is 0 Å². The van der Waals surface area contributed by atoms with Crippen LogP contribution < -0.4 is 16.2 Å². The van der Waals surface area contributed by atoms with Gasteiger partial charge >= 0.3 is 0 Å². The zero-order valence-electron chi connectivity index (χ0n) is 7.16. The van der Waals surface area contributed by atoms with Crippen molar-refractivity contribution >= 4 is 0 Å². The smallest absolute Gasteiger partial charge is 0.119 e. The molecule has 0 bridgehead atoms. The molecule has 66 valence electrons. The summed E-state index contributed by atoms with van der Waals surface area (Å²) in [5.74, 6) is 0.816. The Morgan fingerprint density at radius 3 is 2.83 bits per heavy atom. The van der Waals surface area contributed by atoms with Gasteiger partial charge in [0.25, 0.3) is 0 Å². The fraction of sp³-hybridized carbons (Fsp3) is 0.333. The number of benzene rings is 1. The summed E-state index contributed by atoms with van der Waals surface area (Å²) in [4.78, 5) is 0. The molecule has 4 N–H and O–H groups in total. The van der Waals surface area contributed by atoms with E-state index in [0.29, 0.717) is 6.54 Å². The standard InChI is InChI=1S/C9H14N2O/c1-12-8-4-2-3-7(5-8)9(11)6-10/h2-5,9H,6,10-11H2,1H3/t9-/m0/s1. The first-order valence-electron chi connectivity index (χ1n) is 3.87. The molecule has 1 aromatic carbocycles. The molecule has 0 saturated carbocycles. The van der Waals surface area contributed by atoms with Crippen LogP contribution in [0.4, 0.5) is 0 Å². The number of methoxy groups -OCH3 is 1. The molecule has 0 fully saturated rings. The van der Waals surface area contributed by atoms with Gasteiger partial charge in [-0.3, -0.25) is 0 Å². The van der Waals surface area contributed by atoms with Gasteiger partial charge in [-0.1, -0.05) is 12.1 Å². The van der Waals surface area contributed by atoms with Gasteiger partial charge in [0.2, 0.25) is 0 Å². The fourth-order valence-electron chi connectivity index (χ4n) is 1.01. The van der Waals surface area contributed by atoms with Gasteiger partial charge < -0.3 is 16.2 Å². The highest BCUT2D eigenvalue weighted by Crippen LogP contribution is 2.16. The van der Waals surface area contributed by atoms with Crippen molar-refractivity contribution in [1.82, 2.24) is 0 Å². The third-order valence-corrected chi connectivity index (χ3v) is 1.78. The van der Waals surface area contributed by atoms with Crippen LogP contribution in [-0.2, 0) is 0 Å². The fourth-order valence-corrected chi connectivity index (χ4v) is 1.01. The second-order valence-electron chi connectivity index (χ2n) is 2.62. The number of ether oxygens (including phenoxy) is 1. The summed E-state index contributed by atoms with van der Waals surface area (Å²) in [5.41, 5.74) is 12.2. The minimum atomic E-state index is -0.0971. The summed E-state index contributed by atoms with van der Waals surface area (Å²) in [6.45, 7) is 0.452. The lowest BCUT2D eigenvalue weighted by molar-refractivity contribution is 0.414. The summed E-state index contributed by atoms with van der Waals surface area (Å²) in [6, 6.07) is 7.54. The predicted octanol–water partition coefficient (Wildman–Crippen LogP) is 0.654. The second kappa shape index (κ2) is 4.09. The predicted molar refractivity (Wildman–Crippen MR) is 49.0 cm³/mol. The quantitative estimate of drug-likeness (QED) is 0.693. The highest BCUT2D eigenvalue weighted by Gasteiger charge is 2.03. The second-order valence-corrected chi connectivity index (χ2v) is 2.62. The monoisotopic (exact) mass is 166 g/mol. The maximum absolute atomic E-state index is 5.74. The van der Waals surface area contributed by atoms with Crippen molar-refractivity contribution in [3.63, 3.8) is 0 Å². The summed E-state index contributed by atoms with van der Waals surface area (Å²) in [5, 5.41) is 0. The molecule has 0 aliphatic carbocycles. The van der Waals surface area contributed by atoms with Crippen molar-refractivity contribution in [2.45, 2.75) is 6.04 Å². The first-order chi connectivity index (χ1) is 5.77. The van der Waals surface area contributed by atoms with Crippen LogP contribution in [0.5, 0.6) is 5.75 Å².